The van der Waals surface area contributed by atoms with Crippen molar-refractivity contribution in [3.63, 3.8) is 0 Å². The summed E-state index contributed by atoms with van der Waals surface area (Å²) >= 11 is 0. The number of methoxy groups -OCH3 is 1. The van der Waals surface area contributed by atoms with Gasteiger partial charge in [-0.1, -0.05) is 0 Å². The van der Waals surface area contributed by atoms with E-state index in [4.69, 9.17) is 9.47 Å². The third kappa shape index (κ3) is 6.01. The van der Waals surface area contributed by atoms with Crippen LogP contribution in [0, 0.1) is 0 Å². The van der Waals surface area contributed by atoms with E-state index in [0.29, 0.717) is 24.5 Å². The van der Waals surface area contributed by atoms with Gasteiger partial charge in [-0.25, -0.2) is 0 Å². The number of nitrogens with zero attached hydrogens (tertiary/aromatic N) is 3. The van der Waals surface area contributed by atoms with Gasteiger partial charge in [0.2, 0.25) is 11.9 Å². The smallest absolute Gasteiger partial charge is 0.323 e. The van der Waals surface area contributed by atoms with Crippen LogP contribution < -0.4 is 15.4 Å². The van der Waals surface area contributed by atoms with E-state index in [1.54, 1.807) is 7.11 Å². The molecule has 7 heteroatoms. The van der Waals surface area contributed by atoms with Crippen LogP contribution in [-0.4, -0.2) is 47.4 Å². The Morgan fingerprint density at radius 3 is 2.40 bits per heavy atom. The average Bonchev–Trinajstić information content (AvgIpc) is 2.35. The van der Waals surface area contributed by atoms with Crippen molar-refractivity contribution in [2.45, 2.75) is 46.3 Å². The maximum absolute atomic E-state index is 5.54. The molecule has 20 heavy (non-hydrogen) atoms. The predicted molar refractivity (Wildman–Crippen MR) is 79.3 cm³/mol. The minimum atomic E-state index is 0.0191. The maximum atomic E-state index is 5.54. The van der Waals surface area contributed by atoms with E-state index >= 15 is 0 Å². The molecule has 1 aromatic heterocycles. The van der Waals surface area contributed by atoms with Gasteiger partial charge < -0.3 is 20.1 Å². The number of rotatable bonds is 9. The molecule has 0 fully saturated rings. The monoisotopic (exact) mass is 283 g/mol. The van der Waals surface area contributed by atoms with Crippen LogP contribution in [0.15, 0.2) is 0 Å². The molecule has 7 nitrogen and oxygen atoms in total. The van der Waals surface area contributed by atoms with Gasteiger partial charge in [0.15, 0.2) is 0 Å². The van der Waals surface area contributed by atoms with Crippen molar-refractivity contribution in [3.8, 4) is 6.01 Å². The highest BCUT2D eigenvalue weighted by Gasteiger charge is 2.10. The van der Waals surface area contributed by atoms with Crippen molar-refractivity contribution in [3.05, 3.63) is 0 Å². The summed E-state index contributed by atoms with van der Waals surface area (Å²) in [5.41, 5.74) is 0. The van der Waals surface area contributed by atoms with Gasteiger partial charge in [0.1, 0.15) is 0 Å². The van der Waals surface area contributed by atoms with Gasteiger partial charge in [0.25, 0.3) is 0 Å². The molecular weight excluding hydrogens is 258 g/mol. The van der Waals surface area contributed by atoms with E-state index in [0.717, 1.165) is 13.0 Å². The fourth-order valence-corrected chi connectivity index (χ4v) is 1.51. The van der Waals surface area contributed by atoms with Crippen LogP contribution in [0.5, 0.6) is 6.01 Å². The molecule has 0 aromatic carbocycles. The van der Waals surface area contributed by atoms with Gasteiger partial charge in [-0.3, -0.25) is 0 Å². The first-order valence-corrected chi connectivity index (χ1v) is 6.97. The van der Waals surface area contributed by atoms with Gasteiger partial charge in [-0.2, -0.15) is 15.0 Å². The van der Waals surface area contributed by atoms with Gasteiger partial charge in [0.05, 0.1) is 6.10 Å². The summed E-state index contributed by atoms with van der Waals surface area (Å²) in [5.74, 6) is 1.02. The van der Waals surface area contributed by atoms with Crippen molar-refractivity contribution in [1.29, 1.82) is 0 Å². The highest BCUT2D eigenvalue weighted by atomic mass is 16.5. The fraction of sp³-hybridized carbons (Fsp3) is 0.769. The normalized spacial score (nSPS) is 12.3. The SMILES string of the molecule is CCNc1nc(NC(C)CCOC)nc(OC(C)C)n1. The molecule has 2 N–H and O–H groups in total. The minimum absolute atomic E-state index is 0.0191. The van der Waals surface area contributed by atoms with E-state index in [1.165, 1.54) is 0 Å². The number of aromatic nitrogens is 3. The van der Waals surface area contributed by atoms with Crippen LogP contribution in [0.3, 0.4) is 0 Å². The lowest BCUT2D eigenvalue weighted by molar-refractivity contribution is 0.191. The van der Waals surface area contributed by atoms with Crippen molar-refractivity contribution in [2.75, 3.05) is 30.9 Å². The molecule has 0 saturated carbocycles. The van der Waals surface area contributed by atoms with Crippen LogP contribution in [0.2, 0.25) is 0 Å². The molecule has 0 saturated heterocycles. The summed E-state index contributed by atoms with van der Waals surface area (Å²) in [5, 5.41) is 6.30. The minimum Gasteiger partial charge on any atom is -0.461 e. The molecule has 1 unspecified atom stereocenters. The maximum Gasteiger partial charge on any atom is 0.323 e. The van der Waals surface area contributed by atoms with Crippen molar-refractivity contribution in [2.24, 2.45) is 0 Å². The number of hydrogen-bond donors (Lipinski definition) is 2. The van der Waals surface area contributed by atoms with E-state index < -0.39 is 0 Å². The Morgan fingerprint density at radius 1 is 1.10 bits per heavy atom. The lowest BCUT2D eigenvalue weighted by Gasteiger charge is -2.15. The molecule has 0 spiro atoms. The van der Waals surface area contributed by atoms with Gasteiger partial charge in [0, 0.05) is 26.3 Å². The second kappa shape index (κ2) is 8.52. The third-order valence-corrected chi connectivity index (χ3v) is 2.42. The van der Waals surface area contributed by atoms with Gasteiger partial charge in [-0.05, 0) is 34.1 Å². The Hall–Kier alpha value is -1.63. The molecule has 1 aromatic rings. The summed E-state index contributed by atoms with van der Waals surface area (Å²) in [4.78, 5) is 12.8. The number of ether oxygens (including phenoxy) is 2. The Labute approximate surface area is 120 Å². The summed E-state index contributed by atoms with van der Waals surface area (Å²) in [6.07, 6.45) is 0.893. The highest BCUT2D eigenvalue weighted by molar-refractivity contribution is 5.36. The molecule has 1 atom stereocenters. The van der Waals surface area contributed by atoms with E-state index in [1.807, 2.05) is 20.8 Å². The number of nitrogens with one attached hydrogen (secondary N) is 2. The Kier molecular flexibility index (Phi) is 7.00. The molecule has 114 valence electrons. The van der Waals surface area contributed by atoms with Crippen LogP contribution in [0.1, 0.15) is 34.1 Å². The highest BCUT2D eigenvalue weighted by Crippen LogP contribution is 2.13. The van der Waals surface area contributed by atoms with E-state index in [2.05, 4.69) is 32.5 Å². The van der Waals surface area contributed by atoms with Gasteiger partial charge in [-0.15, -0.1) is 0 Å². The second-order valence-corrected chi connectivity index (χ2v) is 4.79. The zero-order valence-electron chi connectivity index (χ0n) is 12.9. The Balaban J connectivity index is 2.79. The van der Waals surface area contributed by atoms with Crippen molar-refractivity contribution in [1.82, 2.24) is 15.0 Å². The lowest BCUT2D eigenvalue weighted by atomic mass is 10.2. The topological polar surface area (TPSA) is 81.2 Å². The average molecular weight is 283 g/mol. The third-order valence-electron chi connectivity index (χ3n) is 2.42. The summed E-state index contributed by atoms with van der Waals surface area (Å²) in [6.45, 7) is 9.34. The standard InChI is InChI=1S/C13H25N5O2/c1-6-14-11-16-12(15-10(4)7-8-19-5)18-13(17-11)20-9(2)3/h9-10H,6-8H2,1-5H3,(H2,14,15,16,17,18). The van der Waals surface area contributed by atoms with E-state index in [-0.39, 0.29) is 12.1 Å². The lowest BCUT2D eigenvalue weighted by Crippen LogP contribution is -2.20. The zero-order valence-corrected chi connectivity index (χ0v) is 12.9. The zero-order chi connectivity index (χ0) is 15.0. The van der Waals surface area contributed by atoms with Crippen LogP contribution in [-0.2, 0) is 4.74 Å². The van der Waals surface area contributed by atoms with Crippen molar-refractivity contribution < 1.29 is 9.47 Å². The molecule has 0 aliphatic rings. The summed E-state index contributed by atoms with van der Waals surface area (Å²) in [6, 6.07) is 0.533. The first kappa shape index (κ1) is 16.4. The number of hydrogen-bond acceptors (Lipinski definition) is 7. The summed E-state index contributed by atoms with van der Waals surface area (Å²) < 4.78 is 10.6. The van der Waals surface area contributed by atoms with Crippen molar-refractivity contribution >= 4 is 11.9 Å². The summed E-state index contributed by atoms with van der Waals surface area (Å²) in [7, 11) is 1.69. The molecule has 0 bridgehead atoms. The Bertz CT molecular complexity index is 400. The largest absolute Gasteiger partial charge is 0.461 e. The molecule has 0 radical (unpaired) electrons. The van der Waals surface area contributed by atoms with Crippen LogP contribution in [0.4, 0.5) is 11.9 Å². The molecule has 1 rings (SSSR count). The first-order valence-electron chi connectivity index (χ1n) is 6.97. The molecule has 0 aliphatic carbocycles. The second-order valence-electron chi connectivity index (χ2n) is 4.79. The van der Waals surface area contributed by atoms with E-state index in [9.17, 15) is 0 Å². The number of anilines is 2. The molecule has 0 aliphatic heterocycles. The predicted octanol–water partition coefficient (Wildman–Crippen LogP) is 1.93. The Morgan fingerprint density at radius 2 is 1.80 bits per heavy atom. The van der Waals surface area contributed by atoms with Crippen LogP contribution in [0.25, 0.3) is 0 Å². The van der Waals surface area contributed by atoms with Gasteiger partial charge >= 0.3 is 6.01 Å². The molecular formula is C13H25N5O2. The molecule has 1 heterocycles. The first-order chi connectivity index (χ1) is 9.55. The fourth-order valence-electron chi connectivity index (χ4n) is 1.51. The molecule has 0 amide bonds. The van der Waals surface area contributed by atoms with Crippen LogP contribution >= 0.6 is 0 Å². The quantitative estimate of drug-likeness (QED) is 0.716.